The molecule has 27 heavy (non-hydrogen) atoms. The molecule has 3 heterocycles. The smallest absolute Gasteiger partial charge is 0.274 e. The first-order valence-corrected chi connectivity index (χ1v) is 9.60. The van der Waals surface area contributed by atoms with Gasteiger partial charge in [0.1, 0.15) is 5.69 Å². The molecule has 9 nitrogen and oxygen atoms in total. The molecule has 4 rings (SSSR count). The minimum absolute atomic E-state index is 0.0107. The number of hydrogen-bond acceptors (Lipinski definition) is 5. The third kappa shape index (κ3) is 4.17. The third-order valence-corrected chi connectivity index (χ3v) is 5.19. The molecule has 1 aliphatic heterocycles. The van der Waals surface area contributed by atoms with Crippen LogP contribution >= 0.6 is 0 Å². The number of piperidine rings is 1. The van der Waals surface area contributed by atoms with E-state index < -0.39 is 0 Å². The number of nitrogens with zero attached hydrogens (tertiary/aromatic N) is 6. The lowest BCUT2D eigenvalue weighted by atomic mass is 9.99. The minimum Gasteiger partial charge on any atom is -0.348 e. The number of likely N-dealkylation sites (tertiary alicyclic amines) is 1. The Kier molecular flexibility index (Phi) is 4.91. The summed E-state index contributed by atoms with van der Waals surface area (Å²) in [7, 11) is 1.86. The molecule has 2 aromatic heterocycles. The summed E-state index contributed by atoms with van der Waals surface area (Å²) in [6.45, 7) is 1.38. The van der Waals surface area contributed by atoms with Gasteiger partial charge in [-0.3, -0.25) is 14.3 Å². The fraction of sp³-hybridized carbons (Fsp3) is 0.611. The molecule has 0 bridgehead atoms. The quantitative estimate of drug-likeness (QED) is 0.816. The van der Waals surface area contributed by atoms with Crippen molar-refractivity contribution in [3.8, 4) is 0 Å². The number of hydrogen-bond donors (Lipinski definition) is 1. The van der Waals surface area contributed by atoms with Crippen molar-refractivity contribution < 1.29 is 9.59 Å². The van der Waals surface area contributed by atoms with Crippen molar-refractivity contribution in [1.29, 1.82) is 0 Å². The van der Waals surface area contributed by atoms with Crippen LogP contribution in [0.2, 0.25) is 0 Å². The van der Waals surface area contributed by atoms with Crippen LogP contribution < -0.4 is 5.32 Å². The summed E-state index contributed by atoms with van der Waals surface area (Å²) in [6, 6.07) is 0.456. The molecular formula is C18H25N7O2. The summed E-state index contributed by atoms with van der Waals surface area (Å²) in [5.74, 6) is -0.170. The molecule has 9 heteroatoms. The predicted octanol–water partition coefficient (Wildman–Crippen LogP) is 0.989. The van der Waals surface area contributed by atoms with Crippen molar-refractivity contribution in [3.63, 3.8) is 0 Å². The molecule has 1 saturated carbocycles. The molecule has 1 atom stereocenters. The Bertz CT molecular complexity index is 823. The Labute approximate surface area is 157 Å². The molecule has 1 aliphatic carbocycles. The second-order valence-corrected chi connectivity index (χ2v) is 7.48. The number of rotatable bonds is 6. The topological polar surface area (TPSA) is 97.9 Å². The van der Waals surface area contributed by atoms with Gasteiger partial charge in [0.05, 0.1) is 12.5 Å². The number of carbonyl (C=O) groups is 2. The van der Waals surface area contributed by atoms with E-state index in [2.05, 4.69) is 20.6 Å². The maximum absolute atomic E-state index is 12.8. The van der Waals surface area contributed by atoms with E-state index in [0.717, 1.165) is 45.1 Å². The second-order valence-electron chi connectivity index (χ2n) is 7.48. The molecule has 144 valence electrons. The normalized spacial score (nSPS) is 19.9. The number of amides is 2. The van der Waals surface area contributed by atoms with E-state index in [1.54, 1.807) is 28.0 Å². The van der Waals surface area contributed by atoms with Crippen LogP contribution in [0.5, 0.6) is 0 Å². The Hall–Kier alpha value is -2.71. The lowest BCUT2D eigenvalue weighted by Gasteiger charge is -2.35. The fourth-order valence-electron chi connectivity index (χ4n) is 3.52. The van der Waals surface area contributed by atoms with Gasteiger partial charge in [0, 0.05) is 38.4 Å². The summed E-state index contributed by atoms with van der Waals surface area (Å²) in [5.41, 5.74) is 0.844. The third-order valence-electron chi connectivity index (χ3n) is 5.19. The zero-order valence-electron chi connectivity index (χ0n) is 15.5. The van der Waals surface area contributed by atoms with E-state index >= 15 is 0 Å². The van der Waals surface area contributed by atoms with Crippen LogP contribution in [0.1, 0.15) is 59.5 Å². The average Bonchev–Trinajstić information content (AvgIpc) is 3.18. The van der Waals surface area contributed by atoms with Gasteiger partial charge in [-0.2, -0.15) is 0 Å². The van der Waals surface area contributed by atoms with Crippen LogP contribution in [0.3, 0.4) is 0 Å². The van der Waals surface area contributed by atoms with Crippen LogP contribution in [-0.2, 0) is 13.6 Å². The number of aryl methyl sites for hydroxylation is 2. The van der Waals surface area contributed by atoms with Gasteiger partial charge in [-0.25, -0.2) is 4.98 Å². The number of imidazole rings is 1. The monoisotopic (exact) mass is 371 g/mol. The molecule has 2 aromatic rings. The zero-order valence-corrected chi connectivity index (χ0v) is 15.5. The van der Waals surface area contributed by atoms with Crippen molar-refractivity contribution in [2.75, 3.05) is 6.54 Å². The van der Waals surface area contributed by atoms with E-state index in [0.29, 0.717) is 24.0 Å². The zero-order chi connectivity index (χ0) is 18.8. The fourth-order valence-corrected chi connectivity index (χ4v) is 3.52. The standard InChI is InChI=1S/C18H25N7O2/c1-23-10-16(19-12-23)18(27)25-8-3-2-4-14(25)7-9-24-11-15(21-22-24)17(26)20-13-5-6-13/h10-14H,2-9H2,1H3,(H,20,26). The Morgan fingerprint density at radius 2 is 2.04 bits per heavy atom. The van der Waals surface area contributed by atoms with Crippen molar-refractivity contribution in [1.82, 2.24) is 34.8 Å². The van der Waals surface area contributed by atoms with Crippen molar-refractivity contribution in [2.24, 2.45) is 7.05 Å². The van der Waals surface area contributed by atoms with E-state index in [9.17, 15) is 9.59 Å². The van der Waals surface area contributed by atoms with E-state index in [4.69, 9.17) is 0 Å². The molecule has 0 spiro atoms. The Morgan fingerprint density at radius 3 is 2.78 bits per heavy atom. The van der Waals surface area contributed by atoms with E-state index in [1.807, 2.05) is 11.9 Å². The number of nitrogens with one attached hydrogen (secondary N) is 1. The molecule has 0 aromatic carbocycles. The summed E-state index contributed by atoms with van der Waals surface area (Å²) >= 11 is 0. The first-order valence-electron chi connectivity index (χ1n) is 9.60. The highest BCUT2D eigenvalue weighted by Crippen LogP contribution is 2.22. The van der Waals surface area contributed by atoms with Crippen molar-refractivity contribution in [2.45, 2.75) is 57.2 Å². The SMILES string of the molecule is Cn1cnc(C(=O)N2CCCCC2CCn2cc(C(=O)NC3CC3)nn2)c1. The van der Waals surface area contributed by atoms with Crippen LogP contribution in [-0.4, -0.2) is 59.9 Å². The van der Waals surface area contributed by atoms with Crippen molar-refractivity contribution >= 4 is 11.8 Å². The van der Waals surface area contributed by atoms with Gasteiger partial charge in [0.15, 0.2) is 5.69 Å². The summed E-state index contributed by atoms with van der Waals surface area (Å²) in [6.07, 6.45) is 11.1. The van der Waals surface area contributed by atoms with E-state index in [-0.39, 0.29) is 17.9 Å². The molecule has 1 saturated heterocycles. The molecule has 2 amide bonds. The van der Waals surface area contributed by atoms with Gasteiger partial charge in [0.25, 0.3) is 11.8 Å². The molecule has 2 aliphatic rings. The lowest BCUT2D eigenvalue weighted by Crippen LogP contribution is -2.44. The van der Waals surface area contributed by atoms with Gasteiger partial charge in [0.2, 0.25) is 0 Å². The van der Waals surface area contributed by atoms with Crippen LogP contribution in [0.4, 0.5) is 0 Å². The van der Waals surface area contributed by atoms with Crippen LogP contribution in [0.25, 0.3) is 0 Å². The first kappa shape index (κ1) is 17.7. The van der Waals surface area contributed by atoms with Gasteiger partial charge >= 0.3 is 0 Å². The molecular weight excluding hydrogens is 346 g/mol. The predicted molar refractivity (Wildman–Crippen MR) is 97.0 cm³/mol. The maximum atomic E-state index is 12.8. The summed E-state index contributed by atoms with van der Waals surface area (Å²) in [4.78, 5) is 31.0. The summed E-state index contributed by atoms with van der Waals surface area (Å²) < 4.78 is 3.48. The highest BCUT2D eigenvalue weighted by molar-refractivity contribution is 5.92. The molecule has 2 fully saturated rings. The van der Waals surface area contributed by atoms with Gasteiger partial charge in [-0.05, 0) is 38.5 Å². The Balaban J connectivity index is 1.36. The number of carbonyl (C=O) groups excluding carboxylic acids is 2. The lowest BCUT2D eigenvalue weighted by molar-refractivity contribution is 0.0588. The molecule has 1 N–H and O–H groups in total. The minimum atomic E-state index is -0.159. The average molecular weight is 371 g/mol. The molecule has 0 radical (unpaired) electrons. The first-order chi connectivity index (χ1) is 13.1. The maximum Gasteiger partial charge on any atom is 0.274 e. The van der Waals surface area contributed by atoms with Gasteiger partial charge in [-0.15, -0.1) is 5.10 Å². The highest BCUT2D eigenvalue weighted by atomic mass is 16.2. The Morgan fingerprint density at radius 1 is 1.19 bits per heavy atom. The van der Waals surface area contributed by atoms with E-state index in [1.165, 1.54) is 0 Å². The second kappa shape index (κ2) is 7.50. The largest absolute Gasteiger partial charge is 0.348 e. The number of aromatic nitrogens is 5. The molecule has 1 unspecified atom stereocenters. The van der Waals surface area contributed by atoms with Gasteiger partial charge < -0.3 is 14.8 Å². The van der Waals surface area contributed by atoms with Crippen LogP contribution in [0, 0.1) is 0 Å². The van der Waals surface area contributed by atoms with Crippen LogP contribution in [0.15, 0.2) is 18.7 Å². The van der Waals surface area contributed by atoms with Crippen molar-refractivity contribution in [3.05, 3.63) is 30.1 Å². The van der Waals surface area contributed by atoms with Gasteiger partial charge in [-0.1, -0.05) is 5.21 Å². The highest BCUT2D eigenvalue weighted by Gasteiger charge is 2.29. The summed E-state index contributed by atoms with van der Waals surface area (Å²) in [5, 5.41) is 11.0.